The van der Waals surface area contributed by atoms with Gasteiger partial charge >= 0.3 is 12.1 Å². The first-order valence-electron chi connectivity index (χ1n) is 10.5. The average Bonchev–Trinajstić information content (AvgIpc) is 3.27. The second-order valence-corrected chi connectivity index (χ2v) is 8.95. The second-order valence-electron chi connectivity index (χ2n) is 7.93. The number of nitrogens with zero attached hydrogens (tertiary/aromatic N) is 1. The van der Waals surface area contributed by atoms with E-state index in [0.29, 0.717) is 11.4 Å². The summed E-state index contributed by atoms with van der Waals surface area (Å²) in [6.07, 6.45) is -0.698. The van der Waals surface area contributed by atoms with Gasteiger partial charge in [-0.1, -0.05) is 24.3 Å². The number of benzene rings is 2. The lowest BCUT2D eigenvalue weighted by Crippen LogP contribution is -2.11. The van der Waals surface area contributed by atoms with E-state index in [4.69, 9.17) is 9.84 Å². The molecule has 4 rings (SSSR count). The summed E-state index contributed by atoms with van der Waals surface area (Å²) in [5.41, 5.74) is 4.86. The van der Waals surface area contributed by atoms with Gasteiger partial charge in [0.05, 0.1) is 11.3 Å². The number of thioether (sulfide) groups is 1. The Morgan fingerprint density at radius 3 is 2.48 bits per heavy atom. The van der Waals surface area contributed by atoms with Crippen molar-refractivity contribution in [1.82, 2.24) is 4.98 Å². The van der Waals surface area contributed by atoms with Gasteiger partial charge in [-0.3, -0.25) is 4.98 Å². The Morgan fingerprint density at radius 1 is 1.12 bits per heavy atom. The number of pyridine rings is 1. The summed E-state index contributed by atoms with van der Waals surface area (Å²) in [5, 5.41) is 8.94. The number of carboxylic acid groups (broad SMARTS) is 1. The molecule has 0 unspecified atom stereocenters. The largest absolute Gasteiger partial charge is 0.481 e. The van der Waals surface area contributed by atoms with Crippen LogP contribution in [-0.2, 0) is 29.6 Å². The van der Waals surface area contributed by atoms with Gasteiger partial charge in [-0.05, 0) is 66.6 Å². The van der Waals surface area contributed by atoms with E-state index in [-0.39, 0.29) is 6.61 Å². The van der Waals surface area contributed by atoms with Crippen LogP contribution in [0.25, 0.3) is 11.3 Å². The van der Waals surface area contributed by atoms with Crippen LogP contribution in [0.5, 0.6) is 5.75 Å². The highest BCUT2D eigenvalue weighted by atomic mass is 32.2. The molecule has 0 atom stereocenters. The molecule has 172 valence electrons. The number of alkyl halides is 3. The number of carboxylic acids is 1. The third-order valence-electron chi connectivity index (χ3n) is 5.57. The number of carbonyl (C=O) groups is 1. The number of rotatable bonds is 7. The molecule has 2 aromatic carbocycles. The first kappa shape index (κ1) is 23.2. The maximum absolute atomic E-state index is 12.7. The topological polar surface area (TPSA) is 59.4 Å². The Kier molecular flexibility index (Phi) is 6.65. The predicted molar refractivity (Wildman–Crippen MR) is 121 cm³/mol. The number of ether oxygens (including phenoxy) is 1. The van der Waals surface area contributed by atoms with Crippen molar-refractivity contribution in [3.63, 3.8) is 0 Å². The molecule has 0 spiro atoms. The summed E-state index contributed by atoms with van der Waals surface area (Å²) in [6.45, 7) is 1.59. The maximum atomic E-state index is 12.7. The number of aryl methyl sites for hydroxylation is 1. The van der Waals surface area contributed by atoms with Crippen molar-refractivity contribution in [2.75, 3.05) is 6.61 Å². The van der Waals surface area contributed by atoms with E-state index in [2.05, 4.69) is 11.1 Å². The molecule has 0 fully saturated rings. The van der Waals surface area contributed by atoms with Crippen molar-refractivity contribution >= 4 is 17.7 Å². The van der Waals surface area contributed by atoms with Crippen LogP contribution in [0.1, 0.15) is 34.2 Å². The molecule has 0 saturated heterocycles. The fraction of sp³-hybridized carbons (Fsp3) is 0.280. The van der Waals surface area contributed by atoms with Crippen LogP contribution in [-0.4, -0.2) is 22.7 Å². The van der Waals surface area contributed by atoms with Gasteiger partial charge in [-0.25, -0.2) is 4.79 Å². The number of hydrogen-bond donors (Lipinski definition) is 1. The SMILES string of the molecule is Cc1cc(SCc2ccc(-c3ccc(C(F)(F)F)cn3)cc2)c2c(c1OCC(=O)O)CCC2. The number of halogens is 3. The molecule has 8 heteroatoms. The van der Waals surface area contributed by atoms with Crippen molar-refractivity contribution in [1.29, 1.82) is 0 Å². The minimum Gasteiger partial charge on any atom is -0.481 e. The summed E-state index contributed by atoms with van der Waals surface area (Å²) in [4.78, 5) is 16.0. The third kappa shape index (κ3) is 5.33. The number of aliphatic carboxylic acids is 1. The number of fused-ring (bicyclic) bond motifs is 1. The van der Waals surface area contributed by atoms with Gasteiger partial charge in [0.1, 0.15) is 5.75 Å². The molecule has 0 radical (unpaired) electrons. The van der Waals surface area contributed by atoms with E-state index in [9.17, 15) is 18.0 Å². The van der Waals surface area contributed by atoms with Crippen molar-refractivity contribution in [3.05, 3.63) is 76.5 Å². The van der Waals surface area contributed by atoms with Gasteiger partial charge in [0.15, 0.2) is 6.61 Å². The molecule has 0 saturated carbocycles. The Bertz CT molecular complexity index is 1160. The van der Waals surface area contributed by atoms with Crippen LogP contribution in [0.3, 0.4) is 0 Å². The summed E-state index contributed by atoms with van der Waals surface area (Å²) in [7, 11) is 0. The van der Waals surface area contributed by atoms with Crippen LogP contribution in [0, 0.1) is 6.92 Å². The van der Waals surface area contributed by atoms with Gasteiger partial charge < -0.3 is 9.84 Å². The zero-order chi connectivity index (χ0) is 23.6. The predicted octanol–water partition coefficient (Wildman–Crippen LogP) is 6.32. The Labute approximate surface area is 193 Å². The highest BCUT2D eigenvalue weighted by Crippen LogP contribution is 2.41. The number of aromatic nitrogens is 1. The zero-order valence-corrected chi connectivity index (χ0v) is 18.7. The van der Waals surface area contributed by atoms with Crippen molar-refractivity contribution in [3.8, 4) is 17.0 Å². The normalized spacial score (nSPS) is 13.1. The van der Waals surface area contributed by atoms with Gasteiger partial charge in [0.2, 0.25) is 0 Å². The average molecular weight is 474 g/mol. The second kappa shape index (κ2) is 9.47. The molecule has 1 heterocycles. The molecule has 0 bridgehead atoms. The Balaban J connectivity index is 1.46. The lowest BCUT2D eigenvalue weighted by atomic mass is 10.1. The third-order valence-corrected chi connectivity index (χ3v) is 6.72. The Morgan fingerprint density at radius 2 is 1.85 bits per heavy atom. The molecular formula is C25H22F3NO3S. The first-order chi connectivity index (χ1) is 15.7. The van der Waals surface area contributed by atoms with Crippen LogP contribution in [0.4, 0.5) is 13.2 Å². The van der Waals surface area contributed by atoms with Gasteiger partial charge in [-0.2, -0.15) is 13.2 Å². The quantitative estimate of drug-likeness (QED) is 0.407. The molecule has 1 N–H and O–H groups in total. The van der Waals surface area contributed by atoms with Crippen molar-refractivity contribution in [2.45, 2.75) is 43.0 Å². The van der Waals surface area contributed by atoms with Crippen LogP contribution >= 0.6 is 11.8 Å². The van der Waals surface area contributed by atoms with E-state index < -0.39 is 17.7 Å². The first-order valence-corrected chi connectivity index (χ1v) is 11.5. The summed E-state index contributed by atoms with van der Waals surface area (Å²) >= 11 is 1.72. The lowest BCUT2D eigenvalue weighted by Gasteiger charge is -2.16. The smallest absolute Gasteiger partial charge is 0.417 e. The monoisotopic (exact) mass is 473 g/mol. The summed E-state index contributed by atoms with van der Waals surface area (Å²) in [5.74, 6) is 0.444. The van der Waals surface area contributed by atoms with E-state index in [1.54, 1.807) is 11.8 Å². The molecule has 1 aliphatic carbocycles. The molecule has 1 aromatic heterocycles. The molecule has 0 aliphatic heterocycles. The summed E-state index contributed by atoms with van der Waals surface area (Å²) in [6, 6.07) is 12.1. The lowest BCUT2D eigenvalue weighted by molar-refractivity contribution is -0.139. The van der Waals surface area contributed by atoms with Crippen LogP contribution < -0.4 is 4.74 Å². The maximum Gasteiger partial charge on any atom is 0.417 e. The molecule has 4 nitrogen and oxygen atoms in total. The Hall–Kier alpha value is -3.00. The highest BCUT2D eigenvalue weighted by Gasteiger charge is 2.30. The van der Waals surface area contributed by atoms with Gasteiger partial charge in [0.25, 0.3) is 0 Å². The minimum absolute atomic E-state index is 0.347. The summed E-state index contributed by atoms with van der Waals surface area (Å²) < 4.78 is 43.7. The zero-order valence-electron chi connectivity index (χ0n) is 17.9. The fourth-order valence-corrected chi connectivity index (χ4v) is 5.16. The van der Waals surface area contributed by atoms with E-state index in [0.717, 1.165) is 59.5 Å². The number of hydrogen-bond acceptors (Lipinski definition) is 4. The minimum atomic E-state index is -4.40. The van der Waals surface area contributed by atoms with Gasteiger partial charge in [-0.15, -0.1) is 11.8 Å². The molecule has 33 heavy (non-hydrogen) atoms. The van der Waals surface area contributed by atoms with Gasteiger partial charge in [0, 0.05) is 22.4 Å². The van der Waals surface area contributed by atoms with E-state index >= 15 is 0 Å². The molecule has 1 aliphatic rings. The molecule has 0 amide bonds. The van der Waals surface area contributed by atoms with Crippen molar-refractivity contribution in [2.24, 2.45) is 0 Å². The van der Waals surface area contributed by atoms with Crippen LogP contribution in [0.2, 0.25) is 0 Å². The molecule has 3 aromatic rings. The van der Waals surface area contributed by atoms with Crippen LogP contribution in [0.15, 0.2) is 53.6 Å². The fourth-order valence-electron chi connectivity index (χ4n) is 3.98. The molecular weight excluding hydrogens is 451 g/mol. The van der Waals surface area contributed by atoms with E-state index in [1.807, 2.05) is 31.2 Å². The highest BCUT2D eigenvalue weighted by molar-refractivity contribution is 7.98. The van der Waals surface area contributed by atoms with Crippen molar-refractivity contribution < 1.29 is 27.8 Å². The standard InChI is InChI=1S/C25H22F3NO3S/c1-15-11-22(19-3-2-4-20(19)24(15)32-13-23(30)31)33-14-16-5-7-17(8-6-16)21-10-9-18(12-29-21)25(26,27)28/h5-12H,2-4,13-14H2,1H3,(H,30,31). The van der Waals surface area contributed by atoms with E-state index in [1.165, 1.54) is 16.5 Å².